The molecule has 0 amide bonds. The average Bonchev–Trinajstić information content (AvgIpc) is 3.43. The van der Waals surface area contributed by atoms with Crippen molar-refractivity contribution in [3.8, 4) is 23.0 Å². The maximum Gasteiger partial charge on any atom is 0.252 e. The predicted molar refractivity (Wildman–Crippen MR) is 151 cm³/mol. The molecule has 1 aliphatic heterocycles. The van der Waals surface area contributed by atoms with Gasteiger partial charge in [0, 0.05) is 30.1 Å². The van der Waals surface area contributed by atoms with Gasteiger partial charge in [-0.3, -0.25) is 9.69 Å². The lowest BCUT2D eigenvalue weighted by Crippen LogP contribution is -2.28. The highest BCUT2D eigenvalue weighted by atomic mass is 16.6. The quantitative estimate of drug-likeness (QED) is 0.277. The van der Waals surface area contributed by atoms with Crippen LogP contribution >= 0.6 is 0 Å². The van der Waals surface area contributed by atoms with Crippen LogP contribution in [-0.2, 0) is 26.2 Å². The van der Waals surface area contributed by atoms with Crippen LogP contribution < -0.4 is 24.5 Å². The maximum absolute atomic E-state index is 13.2. The van der Waals surface area contributed by atoms with E-state index in [1.165, 1.54) is 0 Å². The van der Waals surface area contributed by atoms with Gasteiger partial charge in [0.05, 0.1) is 32.8 Å². The number of fused-ring (bicyclic) bond motifs is 2. The maximum atomic E-state index is 13.2. The molecule has 210 valence electrons. The molecular formula is C30H30N6O5. The SMILES string of the molecule is COc1ccc(CN(Cc2cc3cc4c(cc3[nH]c2=O)OCCO4)Cc2nnnn2Cc2ccc(OC)cc2)cc1. The second-order valence-corrected chi connectivity index (χ2v) is 9.80. The van der Waals surface area contributed by atoms with Crippen molar-refractivity contribution in [3.05, 3.63) is 99.6 Å². The highest BCUT2D eigenvalue weighted by Crippen LogP contribution is 2.33. The summed E-state index contributed by atoms with van der Waals surface area (Å²) in [5.74, 6) is 3.57. The van der Waals surface area contributed by atoms with Crippen LogP contribution in [0.1, 0.15) is 22.5 Å². The highest BCUT2D eigenvalue weighted by Gasteiger charge is 2.18. The number of tetrazole rings is 1. The van der Waals surface area contributed by atoms with Gasteiger partial charge in [0.2, 0.25) is 0 Å². The molecule has 3 aromatic carbocycles. The van der Waals surface area contributed by atoms with E-state index in [4.69, 9.17) is 18.9 Å². The Morgan fingerprint density at radius 1 is 0.854 bits per heavy atom. The standard InChI is InChI=1S/C30H30N6O5/c1-38-24-7-3-20(4-8-24)16-35(19-29-32-33-34-36(29)17-21-5-9-25(39-2)10-6-21)18-23-13-22-14-27-28(41-12-11-40-27)15-26(22)31-30(23)37/h3-10,13-15H,11-12,16-19H2,1-2H3,(H,31,37). The Hall–Kier alpha value is -4.90. The lowest BCUT2D eigenvalue weighted by molar-refractivity contribution is 0.172. The number of nitrogens with zero attached hydrogens (tertiary/aromatic N) is 5. The molecule has 11 nitrogen and oxygen atoms in total. The first-order valence-corrected chi connectivity index (χ1v) is 13.3. The van der Waals surface area contributed by atoms with E-state index < -0.39 is 0 Å². The van der Waals surface area contributed by atoms with Crippen LogP contribution in [0.3, 0.4) is 0 Å². The lowest BCUT2D eigenvalue weighted by atomic mass is 10.1. The Morgan fingerprint density at radius 2 is 1.51 bits per heavy atom. The molecule has 0 bridgehead atoms. The summed E-state index contributed by atoms with van der Waals surface area (Å²) in [6.45, 7) is 2.86. The second-order valence-electron chi connectivity index (χ2n) is 9.80. The zero-order valence-corrected chi connectivity index (χ0v) is 22.9. The van der Waals surface area contributed by atoms with Crippen molar-refractivity contribution in [2.45, 2.75) is 26.2 Å². The number of nitrogens with one attached hydrogen (secondary N) is 1. The Kier molecular flexibility index (Phi) is 7.50. The zero-order valence-electron chi connectivity index (χ0n) is 22.9. The fourth-order valence-corrected chi connectivity index (χ4v) is 4.87. The summed E-state index contributed by atoms with van der Waals surface area (Å²) in [4.78, 5) is 18.4. The lowest BCUT2D eigenvalue weighted by Gasteiger charge is -2.22. The number of aromatic amines is 1. The van der Waals surface area contributed by atoms with E-state index in [1.54, 1.807) is 18.9 Å². The second kappa shape index (κ2) is 11.7. The van der Waals surface area contributed by atoms with Gasteiger partial charge >= 0.3 is 0 Å². The Labute approximate surface area is 236 Å². The number of H-pyrrole nitrogens is 1. The van der Waals surface area contributed by atoms with Crippen LogP contribution in [0, 0.1) is 0 Å². The van der Waals surface area contributed by atoms with Gasteiger partial charge < -0.3 is 23.9 Å². The minimum atomic E-state index is -0.160. The molecule has 1 aliphatic rings. The smallest absolute Gasteiger partial charge is 0.252 e. The van der Waals surface area contributed by atoms with Gasteiger partial charge in [-0.05, 0) is 58.0 Å². The van der Waals surface area contributed by atoms with E-state index in [9.17, 15) is 4.79 Å². The van der Waals surface area contributed by atoms with Gasteiger partial charge in [-0.1, -0.05) is 24.3 Å². The van der Waals surface area contributed by atoms with Gasteiger partial charge in [0.25, 0.3) is 5.56 Å². The van der Waals surface area contributed by atoms with Gasteiger partial charge in [-0.25, -0.2) is 4.68 Å². The molecule has 0 fully saturated rings. The molecule has 0 unspecified atom stereocenters. The third kappa shape index (κ3) is 5.99. The number of rotatable bonds is 10. The Bertz CT molecular complexity index is 1700. The molecule has 5 aromatic rings. The monoisotopic (exact) mass is 554 g/mol. The Morgan fingerprint density at radius 3 is 2.20 bits per heavy atom. The zero-order chi connectivity index (χ0) is 28.2. The molecule has 0 saturated heterocycles. The normalized spacial score (nSPS) is 12.6. The van der Waals surface area contributed by atoms with Crippen LogP contribution in [-0.4, -0.2) is 57.5 Å². The van der Waals surface area contributed by atoms with Crippen molar-refractivity contribution in [3.63, 3.8) is 0 Å². The summed E-state index contributed by atoms with van der Waals surface area (Å²) < 4.78 is 23.8. The topological polar surface area (TPSA) is 117 Å². The minimum absolute atomic E-state index is 0.160. The van der Waals surface area contributed by atoms with E-state index in [0.717, 1.165) is 28.0 Å². The van der Waals surface area contributed by atoms with Gasteiger partial charge in [0.15, 0.2) is 17.3 Å². The van der Waals surface area contributed by atoms with Crippen LogP contribution in [0.25, 0.3) is 10.9 Å². The molecule has 0 spiro atoms. The fourth-order valence-electron chi connectivity index (χ4n) is 4.87. The summed E-state index contributed by atoms with van der Waals surface area (Å²) in [5, 5.41) is 13.4. The highest BCUT2D eigenvalue weighted by molar-refractivity contribution is 5.83. The molecule has 0 saturated carbocycles. The molecule has 6 rings (SSSR count). The van der Waals surface area contributed by atoms with Crippen LogP contribution in [0.2, 0.25) is 0 Å². The molecule has 11 heteroatoms. The number of aromatic nitrogens is 5. The van der Waals surface area contributed by atoms with E-state index in [2.05, 4.69) is 25.4 Å². The van der Waals surface area contributed by atoms with Crippen molar-refractivity contribution in [1.82, 2.24) is 30.1 Å². The summed E-state index contributed by atoms with van der Waals surface area (Å²) >= 11 is 0. The summed E-state index contributed by atoms with van der Waals surface area (Å²) in [6.07, 6.45) is 0. The average molecular weight is 555 g/mol. The first-order valence-electron chi connectivity index (χ1n) is 13.3. The number of pyridine rings is 1. The third-order valence-corrected chi connectivity index (χ3v) is 7.01. The molecule has 3 heterocycles. The molecule has 0 radical (unpaired) electrons. The minimum Gasteiger partial charge on any atom is -0.497 e. The van der Waals surface area contributed by atoms with Gasteiger partial charge in [0.1, 0.15) is 24.7 Å². The molecule has 0 atom stereocenters. The molecular weight excluding hydrogens is 524 g/mol. The van der Waals surface area contributed by atoms with Gasteiger partial charge in [-0.2, -0.15) is 0 Å². The van der Waals surface area contributed by atoms with Gasteiger partial charge in [-0.15, -0.1) is 5.10 Å². The summed E-state index contributed by atoms with van der Waals surface area (Å²) in [6, 6.07) is 21.3. The molecule has 41 heavy (non-hydrogen) atoms. The number of benzene rings is 3. The van der Waals surface area contributed by atoms with E-state index in [1.807, 2.05) is 66.7 Å². The number of methoxy groups -OCH3 is 2. The number of hydrogen-bond donors (Lipinski definition) is 1. The fraction of sp³-hybridized carbons (Fsp3) is 0.267. The third-order valence-electron chi connectivity index (χ3n) is 7.01. The summed E-state index contributed by atoms with van der Waals surface area (Å²) in [7, 11) is 3.28. The predicted octanol–water partition coefficient (Wildman–Crippen LogP) is 3.55. The largest absolute Gasteiger partial charge is 0.497 e. The van der Waals surface area contributed by atoms with Crippen molar-refractivity contribution in [2.24, 2.45) is 0 Å². The number of hydrogen-bond acceptors (Lipinski definition) is 9. The van der Waals surface area contributed by atoms with Crippen molar-refractivity contribution < 1.29 is 18.9 Å². The van der Waals surface area contributed by atoms with Crippen LogP contribution in [0.4, 0.5) is 0 Å². The van der Waals surface area contributed by atoms with Crippen molar-refractivity contribution in [1.29, 1.82) is 0 Å². The van der Waals surface area contributed by atoms with Crippen molar-refractivity contribution in [2.75, 3.05) is 27.4 Å². The van der Waals surface area contributed by atoms with Crippen molar-refractivity contribution >= 4 is 10.9 Å². The molecule has 0 aliphatic carbocycles. The van der Waals surface area contributed by atoms with Crippen LogP contribution in [0.15, 0.2) is 71.5 Å². The first-order chi connectivity index (χ1) is 20.1. The molecule has 2 aromatic heterocycles. The summed E-state index contributed by atoms with van der Waals surface area (Å²) in [5.41, 5.74) is 3.27. The first kappa shape index (κ1) is 26.3. The Balaban J connectivity index is 1.29. The molecule has 1 N–H and O–H groups in total. The van der Waals surface area contributed by atoms with E-state index >= 15 is 0 Å². The number of ether oxygens (including phenoxy) is 4. The van der Waals surface area contributed by atoms with Crippen LogP contribution in [0.5, 0.6) is 23.0 Å². The van der Waals surface area contributed by atoms with E-state index in [-0.39, 0.29) is 5.56 Å². The van der Waals surface area contributed by atoms with E-state index in [0.29, 0.717) is 67.8 Å².